The maximum atomic E-state index is 12.1. The van der Waals surface area contributed by atoms with Crippen molar-refractivity contribution >= 4 is 21.8 Å². The van der Waals surface area contributed by atoms with Crippen LogP contribution in [0.5, 0.6) is 5.75 Å². The fraction of sp³-hybridized carbons (Fsp3) is 0.533. The van der Waals surface area contributed by atoms with E-state index in [-0.39, 0.29) is 17.9 Å². The SMILES string of the molecule is NC1CCC(C(=O)NCc2cc(Br)cc3c2OCC3)C1. The van der Waals surface area contributed by atoms with Crippen molar-refractivity contribution in [2.24, 2.45) is 11.7 Å². The number of nitrogens with one attached hydrogen (secondary N) is 1. The van der Waals surface area contributed by atoms with Gasteiger partial charge in [0.25, 0.3) is 0 Å². The van der Waals surface area contributed by atoms with Gasteiger partial charge in [-0.25, -0.2) is 0 Å². The van der Waals surface area contributed by atoms with Crippen molar-refractivity contribution in [2.75, 3.05) is 6.61 Å². The summed E-state index contributed by atoms with van der Waals surface area (Å²) in [4.78, 5) is 12.1. The third-order valence-corrected chi connectivity index (χ3v) is 4.58. The van der Waals surface area contributed by atoms with Gasteiger partial charge in [-0.3, -0.25) is 4.79 Å². The van der Waals surface area contributed by atoms with Crippen LogP contribution in [0.1, 0.15) is 30.4 Å². The number of amides is 1. The van der Waals surface area contributed by atoms with Crippen molar-refractivity contribution in [3.05, 3.63) is 27.7 Å². The van der Waals surface area contributed by atoms with Gasteiger partial charge in [-0.2, -0.15) is 0 Å². The van der Waals surface area contributed by atoms with Crippen LogP contribution in [0.15, 0.2) is 16.6 Å². The Kier molecular flexibility index (Phi) is 3.98. The summed E-state index contributed by atoms with van der Waals surface area (Å²) in [6.07, 6.45) is 3.60. The molecule has 2 atom stereocenters. The summed E-state index contributed by atoms with van der Waals surface area (Å²) in [5, 5.41) is 3.02. The van der Waals surface area contributed by atoms with Crippen LogP contribution in [0.4, 0.5) is 0 Å². The maximum absolute atomic E-state index is 12.1. The van der Waals surface area contributed by atoms with Gasteiger partial charge in [-0.1, -0.05) is 15.9 Å². The molecule has 1 fully saturated rings. The van der Waals surface area contributed by atoms with E-state index in [1.807, 2.05) is 6.07 Å². The Morgan fingerprint density at radius 1 is 1.45 bits per heavy atom. The lowest BCUT2D eigenvalue weighted by Gasteiger charge is -2.13. The lowest BCUT2D eigenvalue weighted by molar-refractivity contribution is -0.125. The molecule has 1 aliphatic heterocycles. The average molecular weight is 339 g/mol. The molecule has 1 aromatic carbocycles. The minimum atomic E-state index is 0.0751. The molecule has 1 saturated carbocycles. The van der Waals surface area contributed by atoms with Crippen molar-refractivity contribution in [3.8, 4) is 5.75 Å². The van der Waals surface area contributed by atoms with Crippen LogP contribution in [0.3, 0.4) is 0 Å². The average Bonchev–Trinajstić information content (AvgIpc) is 3.03. The zero-order valence-corrected chi connectivity index (χ0v) is 12.9. The Morgan fingerprint density at radius 3 is 3.05 bits per heavy atom. The van der Waals surface area contributed by atoms with E-state index in [1.54, 1.807) is 0 Å². The molecule has 1 aromatic rings. The van der Waals surface area contributed by atoms with Crippen LogP contribution in [0.2, 0.25) is 0 Å². The van der Waals surface area contributed by atoms with Gasteiger partial charge in [0.05, 0.1) is 6.61 Å². The fourth-order valence-corrected chi connectivity index (χ4v) is 3.61. The molecule has 2 unspecified atom stereocenters. The number of benzene rings is 1. The van der Waals surface area contributed by atoms with Crippen molar-refractivity contribution in [3.63, 3.8) is 0 Å². The van der Waals surface area contributed by atoms with E-state index in [2.05, 4.69) is 27.3 Å². The lowest BCUT2D eigenvalue weighted by Crippen LogP contribution is -2.30. The van der Waals surface area contributed by atoms with E-state index >= 15 is 0 Å². The molecule has 20 heavy (non-hydrogen) atoms. The second-order valence-corrected chi connectivity index (χ2v) is 6.56. The minimum Gasteiger partial charge on any atom is -0.493 e. The Labute approximate surface area is 127 Å². The summed E-state index contributed by atoms with van der Waals surface area (Å²) in [7, 11) is 0. The summed E-state index contributed by atoms with van der Waals surface area (Å²) in [5.74, 6) is 1.13. The number of fused-ring (bicyclic) bond motifs is 1. The first-order chi connectivity index (χ1) is 9.63. The molecule has 0 saturated heterocycles. The highest BCUT2D eigenvalue weighted by Crippen LogP contribution is 2.33. The van der Waals surface area contributed by atoms with Gasteiger partial charge < -0.3 is 15.8 Å². The molecule has 3 N–H and O–H groups in total. The molecular weight excluding hydrogens is 320 g/mol. The van der Waals surface area contributed by atoms with Crippen molar-refractivity contribution in [1.29, 1.82) is 0 Å². The zero-order chi connectivity index (χ0) is 14.1. The molecule has 108 valence electrons. The maximum Gasteiger partial charge on any atom is 0.223 e. The Hall–Kier alpha value is -1.07. The zero-order valence-electron chi connectivity index (χ0n) is 11.3. The third-order valence-electron chi connectivity index (χ3n) is 4.12. The normalized spacial score (nSPS) is 24.3. The monoisotopic (exact) mass is 338 g/mol. The highest BCUT2D eigenvalue weighted by Gasteiger charge is 2.28. The molecule has 0 bridgehead atoms. The van der Waals surface area contributed by atoms with Gasteiger partial charge in [0.2, 0.25) is 5.91 Å². The van der Waals surface area contributed by atoms with Gasteiger partial charge in [0.1, 0.15) is 5.75 Å². The molecule has 1 aliphatic carbocycles. The molecular formula is C15H19BrN2O2. The molecule has 1 heterocycles. The number of ether oxygens (including phenoxy) is 1. The third kappa shape index (κ3) is 2.83. The first-order valence-corrected chi connectivity index (χ1v) is 7.90. The van der Waals surface area contributed by atoms with Gasteiger partial charge in [0, 0.05) is 35.0 Å². The van der Waals surface area contributed by atoms with Crippen LogP contribution < -0.4 is 15.8 Å². The molecule has 0 spiro atoms. The van der Waals surface area contributed by atoms with Gasteiger partial charge in [0.15, 0.2) is 0 Å². The predicted octanol–water partition coefficient (Wildman–Crippen LogP) is 2.13. The van der Waals surface area contributed by atoms with E-state index in [4.69, 9.17) is 10.5 Å². The topological polar surface area (TPSA) is 64.4 Å². The second-order valence-electron chi connectivity index (χ2n) is 5.64. The summed E-state index contributed by atoms with van der Waals surface area (Å²) in [6, 6.07) is 4.29. The van der Waals surface area contributed by atoms with E-state index in [9.17, 15) is 4.79 Å². The van der Waals surface area contributed by atoms with E-state index in [0.717, 1.165) is 48.1 Å². The number of carbonyl (C=O) groups is 1. The quantitative estimate of drug-likeness (QED) is 0.887. The largest absolute Gasteiger partial charge is 0.493 e. The van der Waals surface area contributed by atoms with Gasteiger partial charge >= 0.3 is 0 Å². The molecule has 0 radical (unpaired) electrons. The first kappa shape index (κ1) is 13.9. The summed E-state index contributed by atoms with van der Waals surface area (Å²) in [5.41, 5.74) is 8.12. The number of nitrogens with two attached hydrogens (primary N) is 1. The lowest BCUT2D eigenvalue weighted by atomic mass is 10.1. The van der Waals surface area contributed by atoms with Crippen molar-refractivity contribution in [2.45, 2.75) is 38.3 Å². The molecule has 3 rings (SSSR count). The molecule has 5 heteroatoms. The van der Waals surface area contributed by atoms with Crippen LogP contribution in [0, 0.1) is 5.92 Å². The van der Waals surface area contributed by atoms with E-state index in [0.29, 0.717) is 6.54 Å². The minimum absolute atomic E-state index is 0.0751. The molecule has 0 aromatic heterocycles. The van der Waals surface area contributed by atoms with Gasteiger partial charge in [-0.05, 0) is 37.0 Å². The van der Waals surface area contributed by atoms with Crippen LogP contribution in [-0.4, -0.2) is 18.6 Å². The summed E-state index contributed by atoms with van der Waals surface area (Å²) < 4.78 is 6.70. The molecule has 2 aliphatic rings. The van der Waals surface area contributed by atoms with E-state index in [1.165, 1.54) is 5.56 Å². The summed E-state index contributed by atoms with van der Waals surface area (Å²) in [6.45, 7) is 1.25. The number of rotatable bonds is 3. The Balaban J connectivity index is 1.65. The van der Waals surface area contributed by atoms with Crippen molar-refractivity contribution in [1.82, 2.24) is 5.32 Å². The Bertz CT molecular complexity index is 533. The van der Waals surface area contributed by atoms with E-state index < -0.39 is 0 Å². The smallest absolute Gasteiger partial charge is 0.223 e. The number of hydrogen-bond acceptors (Lipinski definition) is 3. The fourth-order valence-electron chi connectivity index (χ4n) is 3.06. The van der Waals surface area contributed by atoms with Gasteiger partial charge in [-0.15, -0.1) is 0 Å². The number of carbonyl (C=O) groups excluding carboxylic acids is 1. The molecule has 4 nitrogen and oxygen atoms in total. The second kappa shape index (κ2) is 5.74. The summed E-state index contributed by atoms with van der Waals surface area (Å²) >= 11 is 3.51. The number of halogens is 1. The van der Waals surface area contributed by atoms with Crippen LogP contribution in [-0.2, 0) is 17.8 Å². The molecule has 1 amide bonds. The number of hydrogen-bond donors (Lipinski definition) is 2. The highest BCUT2D eigenvalue weighted by molar-refractivity contribution is 9.10. The Morgan fingerprint density at radius 2 is 2.30 bits per heavy atom. The van der Waals surface area contributed by atoms with Crippen molar-refractivity contribution < 1.29 is 9.53 Å². The van der Waals surface area contributed by atoms with Crippen LogP contribution in [0.25, 0.3) is 0 Å². The predicted molar refractivity (Wildman–Crippen MR) is 80.5 cm³/mol. The highest BCUT2D eigenvalue weighted by atomic mass is 79.9. The first-order valence-electron chi connectivity index (χ1n) is 7.11. The standard InChI is InChI=1S/C15H19BrN2O2/c16-12-5-9-3-4-20-14(9)11(6-12)8-18-15(19)10-1-2-13(17)7-10/h5-6,10,13H,1-4,7-8,17H2,(H,18,19). The van der Waals surface area contributed by atoms with Crippen LogP contribution >= 0.6 is 15.9 Å².